The van der Waals surface area contributed by atoms with Crippen molar-refractivity contribution in [2.24, 2.45) is 0 Å². The Balaban J connectivity index is 2.41. The fourth-order valence-corrected chi connectivity index (χ4v) is 1.67. The molecular formula is C9H12O2S. The van der Waals surface area contributed by atoms with Gasteiger partial charge in [0.05, 0.1) is 6.61 Å². The molecule has 1 aromatic carbocycles. The Bertz CT molecular complexity index is 213. The van der Waals surface area contributed by atoms with Crippen molar-refractivity contribution < 1.29 is 9.84 Å². The number of hydrogen-bond acceptors (Lipinski definition) is 3. The Morgan fingerprint density at radius 2 is 2.08 bits per heavy atom. The third kappa shape index (κ3) is 3.26. The first-order chi connectivity index (χ1) is 5.83. The van der Waals surface area contributed by atoms with Crippen LogP contribution < -0.4 is 0 Å². The molecule has 3 heteroatoms. The molecule has 0 saturated heterocycles. The summed E-state index contributed by atoms with van der Waals surface area (Å²) in [4.78, 5) is 1.06. The van der Waals surface area contributed by atoms with Crippen molar-refractivity contribution in [3.05, 3.63) is 30.3 Å². The number of aliphatic hydroxyl groups is 1. The maximum Gasteiger partial charge on any atom is 0.127 e. The molecule has 1 aromatic rings. The Labute approximate surface area is 76.6 Å². The van der Waals surface area contributed by atoms with Gasteiger partial charge in [-0.25, -0.2) is 0 Å². The number of methoxy groups -OCH3 is 1. The van der Waals surface area contributed by atoms with Crippen molar-refractivity contribution in [3.63, 3.8) is 0 Å². The molecule has 1 N–H and O–H groups in total. The van der Waals surface area contributed by atoms with E-state index in [1.165, 1.54) is 11.8 Å². The van der Waals surface area contributed by atoms with Crippen LogP contribution in [-0.4, -0.2) is 24.3 Å². The van der Waals surface area contributed by atoms with Crippen LogP contribution in [0.5, 0.6) is 0 Å². The number of benzene rings is 1. The maximum atomic E-state index is 9.34. The summed E-state index contributed by atoms with van der Waals surface area (Å²) in [5, 5.41) is 9.34. The van der Waals surface area contributed by atoms with Crippen LogP contribution in [0.15, 0.2) is 35.2 Å². The van der Waals surface area contributed by atoms with E-state index in [1.54, 1.807) is 7.11 Å². The summed E-state index contributed by atoms with van der Waals surface area (Å²) in [5.41, 5.74) is -0.475. The summed E-state index contributed by atoms with van der Waals surface area (Å²) in [5.74, 6) is 0. The van der Waals surface area contributed by atoms with Crippen molar-refractivity contribution in [2.75, 3.05) is 13.7 Å². The molecular weight excluding hydrogens is 172 g/mol. The van der Waals surface area contributed by atoms with Crippen LogP contribution in [0, 0.1) is 0 Å². The van der Waals surface area contributed by atoms with Crippen molar-refractivity contribution in [2.45, 2.75) is 10.3 Å². The Hall–Kier alpha value is -0.510. The van der Waals surface area contributed by atoms with Gasteiger partial charge in [-0.2, -0.15) is 0 Å². The van der Waals surface area contributed by atoms with E-state index in [4.69, 9.17) is 4.74 Å². The minimum absolute atomic E-state index is 0.361. The lowest BCUT2D eigenvalue weighted by Gasteiger charge is -2.07. The molecule has 0 aliphatic carbocycles. The van der Waals surface area contributed by atoms with Crippen LogP contribution in [0.4, 0.5) is 0 Å². The Morgan fingerprint density at radius 3 is 2.67 bits per heavy atom. The van der Waals surface area contributed by atoms with Crippen LogP contribution in [0.1, 0.15) is 0 Å². The van der Waals surface area contributed by atoms with Crippen molar-refractivity contribution >= 4 is 11.8 Å². The number of rotatable bonds is 4. The maximum absolute atomic E-state index is 9.34. The standard InChI is InChI=1S/C9H12O2S/c1-11-7-9(10)12-8-5-3-2-4-6-8/h2-6,9-10H,7H2,1H3. The van der Waals surface area contributed by atoms with Gasteiger partial charge in [-0.05, 0) is 12.1 Å². The highest BCUT2D eigenvalue weighted by Gasteiger charge is 2.03. The SMILES string of the molecule is COCC(O)Sc1ccccc1. The van der Waals surface area contributed by atoms with E-state index in [0.29, 0.717) is 6.61 Å². The zero-order chi connectivity index (χ0) is 8.81. The normalized spacial score (nSPS) is 12.8. The topological polar surface area (TPSA) is 29.5 Å². The Kier molecular flexibility index (Phi) is 4.14. The highest BCUT2D eigenvalue weighted by Crippen LogP contribution is 2.20. The molecule has 12 heavy (non-hydrogen) atoms. The average Bonchev–Trinajstić information content (AvgIpc) is 2.06. The van der Waals surface area contributed by atoms with Gasteiger partial charge in [0.1, 0.15) is 5.44 Å². The van der Waals surface area contributed by atoms with Gasteiger partial charge in [-0.15, -0.1) is 0 Å². The molecule has 0 aliphatic rings. The molecule has 0 aliphatic heterocycles. The van der Waals surface area contributed by atoms with Crippen LogP contribution in [0.3, 0.4) is 0 Å². The monoisotopic (exact) mass is 184 g/mol. The van der Waals surface area contributed by atoms with E-state index in [-0.39, 0.29) is 0 Å². The molecule has 0 amide bonds. The van der Waals surface area contributed by atoms with Gasteiger partial charge in [0, 0.05) is 12.0 Å². The first-order valence-corrected chi connectivity index (χ1v) is 4.59. The van der Waals surface area contributed by atoms with Gasteiger partial charge >= 0.3 is 0 Å². The van der Waals surface area contributed by atoms with E-state index < -0.39 is 5.44 Å². The molecule has 0 bridgehead atoms. The van der Waals surface area contributed by atoms with Crippen molar-refractivity contribution in [1.29, 1.82) is 0 Å². The summed E-state index contributed by atoms with van der Waals surface area (Å²) >= 11 is 1.40. The summed E-state index contributed by atoms with van der Waals surface area (Å²) in [6, 6.07) is 9.77. The molecule has 0 fully saturated rings. The van der Waals surface area contributed by atoms with E-state index >= 15 is 0 Å². The molecule has 2 nitrogen and oxygen atoms in total. The minimum atomic E-state index is -0.475. The van der Waals surface area contributed by atoms with Crippen LogP contribution in [0.2, 0.25) is 0 Å². The second kappa shape index (κ2) is 5.19. The minimum Gasteiger partial charge on any atom is -0.381 e. The fourth-order valence-electron chi connectivity index (χ4n) is 0.833. The number of ether oxygens (including phenoxy) is 1. The fraction of sp³-hybridized carbons (Fsp3) is 0.333. The van der Waals surface area contributed by atoms with Crippen molar-refractivity contribution in [1.82, 2.24) is 0 Å². The van der Waals surface area contributed by atoms with Crippen LogP contribution in [-0.2, 0) is 4.74 Å². The first-order valence-electron chi connectivity index (χ1n) is 3.71. The molecule has 1 unspecified atom stereocenters. The second-order valence-electron chi connectivity index (χ2n) is 2.34. The number of hydrogen-bond donors (Lipinski definition) is 1. The smallest absolute Gasteiger partial charge is 0.127 e. The summed E-state index contributed by atoms with van der Waals surface area (Å²) in [6.07, 6.45) is 0. The zero-order valence-electron chi connectivity index (χ0n) is 6.93. The molecule has 0 heterocycles. The number of aliphatic hydroxyl groups excluding tert-OH is 1. The molecule has 66 valence electrons. The highest BCUT2D eigenvalue weighted by molar-refractivity contribution is 7.99. The molecule has 0 aromatic heterocycles. The molecule has 0 radical (unpaired) electrons. The molecule has 1 atom stereocenters. The van der Waals surface area contributed by atoms with Gasteiger partial charge in [0.2, 0.25) is 0 Å². The van der Waals surface area contributed by atoms with Crippen LogP contribution in [0.25, 0.3) is 0 Å². The molecule has 0 spiro atoms. The summed E-state index contributed by atoms with van der Waals surface area (Å²) in [6.45, 7) is 0.361. The van der Waals surface area contributed by atoms with Gasteiger partial charge in [-0.3, -0.25) is 0 Å². The lowest BCUT2D eigenvalue weighted by atomic mass is 10.4. The van der Waals surface area contributed by atoms with Crippen LogP contribution >= 0.6 is 11.8 Å². The predicted molar refractivity (Wildman–Crippen MR) is 50.2 cm³/mol. The van der Waals surface area contributed by atoms with Gasteiger partial charge in [0.25, 0.3) is 0 Å². The first kappa shape index (κ1) is 9.58. The van der Waals surface area contributed by atoms with Crippen molar-refractivity contribution in [3.8, 4) is 0 Å². The summed E-state index contributed by atoms with van der Waals surface area (Å²) in [7, 11) is 1.58. The molecule has 1 rings (SSSR count). The van der Waals surface area contributed by atoms with E-state index in [0.717, 1.165) is 4.90 Å². The predicted octanol–water partition coefficient (Wildman–Crippen LogP) is 1.74. The number of thioether (sulfide) groups is 1. The zero-order valence-corrected chi connectivity index (χ0v) is 7.75. The Morgan fingerprint density at radius 1 is 1.42 bits per heavy atom. The lowest BCUT2D eigenvalue weighted by Crippen LogP contribution is -2.08. The van der Waals surface area contributed by atoms with E-state index in [1.807, 2.05) is 30.3 Å². The van der Waals surface area contributed by atoms with Gasteiger partial charge in [0.15, 0.2) is 0 Å². The second-order valence-corrected chi connectivity index (χ2v) is 3.59. The average molecular weight is 184 g/mol. The van der Waals surface area contributed by atoms with E-state index in [9.17, 15) is 5.11 Å². The van der Waals surface area contributed by atoms with Gasteiger partial charge in [-0.1, -0.05) is 30.0 Å². The third-order valence-electron chi connectivity index (χ3n) is 1.32. The van der Waals surface area contributed by atoms with Gasteiger partial charge < -0.3 is 9.84 Å². The summed E-state index contributed by atoms with van der Waals surface area (Å²) < 4.78 is 4.80. The quantitative estimate of drug-likeness (QED) is 0.571. The lowest BCUT2D eigenvalue weighted by molar-refractivity contribution is 0.116. The molecule has 0 saturated carbocycles. The largest absolute Gasteiger partial charge is 0.381 e. The highest BCUT2D eigenvalue weighted by atomic mass is 32.2. The van der Waals surface area contributed by atoms with E-state index in [2.05, 4.69) is 0 Å². The third-order valence-corrected chi connectivity index (χ3v) is 2.28.